The average Bonchev–Trinajstić information content (AvgIpc) is 2.93. The fraction of sp³-hybridized carbons (Fsp3) is 0.286. The van der Waals surface area contributed by atoms with Crippen LogP contribution in [0.2, 0.25) is 0 Å². The van der Waals surface area contributed by atoms with Crippen LogP contribution < -0.4 is 16.0 Å². The van der Waals surface area contributed by atoms with Crippen molar-refractivity contribution in [1.29, 1.82) is 0 Å². The fourth-order valence-electron chi connectivity index (χ4n) is 2.47. The van der Waals surface area contributed by atoms with E-state index in [9.17, 15) is 0 Å². The van der Waals surface area contributed by atoms with E-state index in [4.69, 9.17) is 10.6 Å². The van der Waals surface area contributed by atoms with Gasteiger partial charge in [0.1, 0.15) is 12.1 Å². The van der Waals surface area contributed by atoms with Crippen molar-refractivity contribution in [2.45, 2.75) is 18.9 Å². The third kappa shape index (κ3) is 2.67. The zero-order valence-corrected chi connectivity index (χ0v) is 12.4. The molecule has 1 aliphatic heterocycles. The van der Waals surface area contributed by atoms with Crippen molar-refractivity contribution in [2.24, 2.45) is 5.84 Å². The molecule has 1 aromatic heterocycles. The van der Waals surface area contributed by atoms with Gasteiger partial charge >= 0.3 is 0 Å². The number of ether oxygens (including phenoxy) is 1. The van der Waals surface area contributed by atoms with Crippen LogP contribution in [0, 0.1) is 0 Å². The lowest BCUT2D eigenvalue weighted by molar-refractivity contribution is 0.351. The highest BCUT2D eigenvalue weighted by Gasteiger charge is 2.21. The maximum atomic E-state index is 5.74. The van der Waals surface area contributed by atoms with E-state index in [0.29, 0.717) is 0 Å². The molecule has 2 aromatic rings. The minimum absolute atomic E-state index is 0.0689. The third-order valence-electron chi connectivity index (χ3n) is 3.41. The van der Waals surface area contributed by atoms with Gasteiger partial charge in [0, 0.05) is 17.1 Å². The lowest BCUT2D eigenvalue weighted by Gasteiger charge is -2.17. The molecule has 0 fully saturated rings. The second-order valence-corrected chi connectivity index (χ2v) is 5.62. The highest BCUT2D eigenvalue weighted by atomic mass is 79.9. The van der Waals surface area contributed by atoms with Crippen molar-refractivity contribution in [3.05, 3.63) is 52.0 Å². The largest absolute Gasteiger partial charge is 0.493 e. The molecule has 6 heteroatoms. The van der Waals surface area contributed by atoms with E-state index in [-0.39, 0.29) is 6.04 Å². The molecule has 2 heterocycles. The van der Waals surface area contributed by atoms with Crippen LogP contribution in [-0.4, -0.2) is 16.6 Å². The van der Waals surface area contributed by atoms with Gasteiger partial charge in [-0.3, -0.25) is 11.3 Å². The predicted molar refractivity (Wildman–Crippen MR) is 79.1 cm³/mol. The molecule has 1 aromatic carbocycles. The summed E-state index contributed by atoms with van der Waals surface area (Å²) >= 11 is 3.55. The van der Waals surface area contributed by atoms with Crippen molar-refractivity contribution in [3.8, 4) is 5.75 Å². The molecule has 1 atom stereocenters. The van der Waals surface area contributed by atoms with Gasteiger partial charge in [0.15, 0.2) is 0 Å². The van der Waals surface area contributed by atoms with Gasteiger partial charge in [0.25, 0.3) is 0 Å². The zero-order chi connectivity index (χ0) is 13.9. The Morgan fingerprint density at radius 3 is 3.10 bits per heavy atom. The number of hydrogen-bond acceptors (Lipinski definition) is 5. The molecule has 0 aliphatic carbocycles. The van der Waals surface area contributed by atoms with Gasteiger partial charge < -0.3 is 4.74 Å². The van der Waals surface area contributed by atoms with E-state index in [1.165, 1.54) is 11.9 Å². The summed E-state index contributed by atoms with van der Waals surface area (Å²) in [4.78, 5) is 8.19. The first-order valence-electron chi connectivity index (χ1n) is 6.44. The van der Waals surface area contributed by atoms with Crippen LogP contribution in [0.25, 0.3) is 0 Å². The number of nitrogens with zero attached hydrogens (tertiary/aromatic N) is 2. The number of rotatable bonds is 4. The summed E-state index contributed by atoms with van der Waals surface area (Å²) in [6.07, 6.45) is 4.92. The van der Waals surface area contributed by atoms with E-state index in [1.54, 1.807) is 6.20 Å². The Kier molecular flexibility index (Phi) is 3.95. The SMILES string of the molecule is NNC(Cc1cc(Br)cc2c1OCC2)c1ccncn1. The summed E-state index contributed by atoms with van der Waals surface area (Å²) in [5.74, 6) is 6.66. The van der Waals surface area contributed by atoms with E-state index < -0.39 is 0 Å². The third-order valence-corrected chi connectivity index (χ3v) is 3.87. The standard InChI is InChI=1S/C14H15BrN4O/c15-11-5-9-2-4-20-14(9)10(6-11)7-13(19-16)12-1-3-17-8-18-12/h1,3,5-6,8,13,19H,2,4,7,16H2. The normalized spacial score (nSPS) is 14.7. The molecule has 0 saturated carbocycles. The molecule has 0 amide bonds. The highest BCUT2D eigenvalue weighted by molar-refractivity contribution is 9.10. The first-order chi connectivity index (χ1) is 9.78. The zero-order valence-electron chi connectivity index (χ0n) is 10.8. The molecule has 0 radical (unpaired) electrons. The molecule has 0 saturated heterocycles. The topological polar surface area (TPSA) is 73.1 Å². The molecule has 20 heavy (non-hydrogen) atoms. The van der Waals surface area contributed by atoms with Gasteiger partial charge in [-0.1, -0.05) is 15.9 Å². The van der Waals surface area contributed by atoms with Crippen LogP contribution >= 0.6 is 15.9 Å². The second-order valence-electron chi connectivity index (χ2n) is 4.71. The molecule has 0 bridgehead atoms. The van der Waals surface area contributed by atoms with Crippen LogP contribution in [0.1, 0.15) is 22.9 Å². The predicted octanol–water partition coefficient (Wildman–Crippen LogP) is 1.92. The van der Waals surface area contributed by atoms with Crippen LogP contribution in [-0.2, 0) is 12.8 Å². The summed E-state index contributed by atoms with van der Waals surface area (Å²) in [6, 6.07) is 5.99. The van der Waals surface area contributed by atoms with Crippen LogP contribution in [0.4, 0.5) is 0 Å². The maximum Gasteiger partial charge on any atom is 0.125 e. The number of halogens is 1. The molecule has 3 rings (SSSR count). The lowest BCUT2D eigenvalue weighted by Crippen LogP contribution is -2.30. The number of hydrogen-bond donors (Lipinski definition) is 2. The quantitative estimate of drug-likeness (QED) is 0.660. The molecule has 104 valence electrons. The highest BCUT2D eigenvalue weighted by Crippen LogP contribution is 2.35. The number of nitrogens with one attached hydrogen (secondary N) is 1. The summed E-state index contributed by atoms with van der Waals surface area (Å²) in [6.45, 7) is 0.743. The van der Waals surface area contributed by atoms with E-state index in [2.05, 4.69) is 43.5 Å². The monoisotopic (exact) mass is 334 g/mol. The van der Waals surface area contributed by atoms with E-state index >= 15 is 0 Å². The van der Waals surface area contributed by atoms with Gasteiger partial charge in [-0.15, -0.1) is 0 Å². The maximum absolute atomic E-state index is 5.74. The van der Waals surface area contributed by atoms with Gasteiger partial charge in [0.2, 0.25) is 0 Å². The van der Waals surface area contributed by atoms with E-state index in [0.717, 1.165) is 40.9 Å². The van der Waals surface area contributed by atoms with Crippen LogP contribution in [0.5, 0.6) is 5.75 Å². The van der Waals surface area contributed by atoms with Gasteiger partial charge in [-0.2, -0.15) is 0 Å². The minimum atomic E-state index is -0.0689. The minimum Gasteiger partial charge on any atom is -0.493 e. The first kappa shape index (κ1) is 13.5. The molecule has 0 spiro atoms. The van der Waals surface area contributed by atoms with Crippen molar-refractivity contribution >= 4 is 15.9 Å². The molecule has 3 N–H and O–H groups in total. The Morgan fingerprint density at radius 1 is 1.45 bits per heavy atom. The molecule has 5 nitrogen and oxygen atoms in total. The Labute approximate surface area is 125 Å². The van der Waals surface area contributed by atoms with Gasteiger partial charge in [0.05, 0.1) is 18.3 Å². The van der Waals surface area contributed by atoms with Gasteiger partial charge in [-0.25, -0.2) is 9.97 Å². The number of aromatic nitrogens is 2. The summed E-state index contributed by atoms with van der Waals surface area (Å²) < 4.78 is 6.81. The Bertz CT molecular complexity index is 606. The smallest absolute Gasteiger partial charge is 0.125 e. The van der Waals surface area contributed by atoms with Crippen molar-refractivity contribution in [3.63, 3.8) is 0 Å². The molecular formula is C14H15BrN4O. The van der Waals surface area contributed by atoms with E-state index in [1.807, 2.05) is 6.07 Å². The molecule has 1 aliphatic rings. The number of fused-ring (bicyclic) bond motifs is 1. The van der Waals surface area contributed by atoms with Gasteiger partial charge in [-0.05, 0) is 35.7 Å². The fourth-order valence-corrected chi connectivity index (χ4v) is 3.03. The van der Waals surface area contributed by atoms with Crippen LogP contribution in [0.3, 0.4) is 0 Å². The molecular weight excluding hydrogens is 320 g/mol. The second kappa shape index (κ2) is 5.87. The lowest BCUT2D eigenvalue weighted by atomic mass is 10.00. The Hall–Kier alpha value is -1.50. The van der Waals surface area contributed by atoms with Crippen molar-refractivity contribution in [2.75, 3.05) is 6.61 Å². The Morgan fingerprint density at radius 2 is 2.35 bits per heavy atom. The first-order valence-corrected chi connectivity index (χ1v) is 7.23. The summed E-state index contributed by atoms with van der Waals surface area (Å²) in [5.41, 5.74) is 6.06. The number of benzene rings is 1. The summed E-state index contributed by atoms with van der Waals surface area (Å²) in [7, 11) is 0. The van der Waals surface area contributed by atoms with Crippen molar-refractivity contribution < 1.29 is 4.74 Å². The van der Waals surface area contributed by atoms with Crippen LogP contribution in [0.15, 0.2) is 35.2 Å². The van der Waals surface area contributed by atoms with Crippen molar-refractivity contribution in [1.82, 2.24) is 15.4 Å². The number of hydrazine groups is 1. The average molecular weight is 335 g/mol. The molecule has 1 unspecified atom stereocenters. The Balaban J connectivity index is 1.91. The number of nitrogens with two attached hydrogens (primary N) is 1. The summed E-state index contributed by atoms with van der Waals surface area (Å²) in [5, 5.41) is 0.